The molecule has 1 aliphatic rings. The first-order valence-corrected chi connectivity index (χ1v) is 9.43. The maximum Gasteiger partial charge on any atom is 0.269 e. The van der Waals surface area contributed by atoms with Crippen LogP contribution in [0.15, 0.2) is 54.6 Å². The van der Waals surface area contributed by atoms with Crippen molar-refractivity contribution in [1.82, 2.24) is 31.1 Å². The molecule has 1 fully saturated rings. The fourth-order valence-corrected chi connectivity index (χ4v) is 3.09. The van der Waals surface area contributed by atoms with Crippen molar-refractivity contribution in [1.29, 1.82) is 0 Å². The number of hydrazine groups is 1. The van der Waals surface area contributed by atoms with Crippen molar-refractivity contribution in [3.63, 3.8) is 0 Å². The van der Waals surface area contributed by atoms with Crippen molar-refractivity contribution in [3.05, 3.63) is 60.2 Å². The molecule has 0 bridgehead atoms. The summed E-state index contributed by atoms with van der Waals surface area (Å²) >= 11 is 0. The molecule has 3 amide bonds. The molecule has 0 saturated carbocycles. The lowest BCUT2D eigenvalue weighted by Crippen LogP contribution is -2.43. The van der Waals surface area contributed by atoms with Crippen LogP contribution in [0.25, 0.3) is 11.4 Å². The summed E-state index contributed by atoms with van der Waals surface area (Å²) in [5, 5.41) is 11.9. The maximum atomic E-state index is 12.2. The molecule has 2 N–H and O–H groups in total. The van der Waals surface area contributed by atoms with Gasteiger partial charge in [-0.25, -0.2) is 0 Å². The van der Waals surface area contributed by atoms with Crippen LogP contribution in [0.5, 0.6) is 0 Å². The van der Waals surface area contributed by atoms with E-state index in [0.717, 1.165) is 22.5 Å². The lowest BCUT2D eigenvalue weighted by atomic mass is 10.2. The molecule has 1 saturated heterocycles. The third-order valence-electron chi connectivity index (χ3n) is 4.60. The van der Waals surface area contributed by atoms with Gasteiger partial charge in [0.25, 0.3) is 11.8 Å². The smallest absolute Gasteiger partial charge is 0.269 e. The summed E-state index contributed by atoms with van der Waals surface area (Å²) < 4.78 is 0. The number of tetrazole rings is 1. The molecule has 0 unspecified atom stereocenters. The van der Waals surface area contributed by atoms with Crippen LogP contribution in [0.1, 0.15) is 23.2 Å². The number of rotatable bonds is 5. The third kappa shape index (κ3) is 4.32. The lowest BCUT2D eigenvalue weighted by Gasteiger charge is -2.15. The van der Waals surface area contributed by atoms with E-state index in [1.165, 1.54) is 0 Å². The first-order valence-electron chi connectivity index (χ1n) is 9.43. The number of nitrogens with zero attached hydrogens (tertiary/aromatic N) is 5. The number of carbonyl (C=O) groups is 3. The van der Waals surface area contributed by atoms with Crippen molar-refractivity contribution in [2.24, 2.45) is 0 Å². The summed E-state index contributed by atoms with van der Waals surface area (Å²) in [6.45, 7) is 0.485. The maximum absolute atomic E-state index is 12.2. The zero-order valence-electron chi connectivity index (χ0n) is 16.0. The third-order valence-corrected chi connectivity index (χ3v) is 4.60. The van der Waals surface area contributed by atoms with Gasteiger partial charge in [0.1, 0.15) is 6.54 Å². The number of hydrogen-bond donors (Lipinski definition) is 2. The first kappa shape index (κ1) is 19.2. The van der Waals surface area contributed by atoms with Gasteiger partial charge in [-0.3, -0.25) is 25.2 Å². The SMILES string of the molecule is O=C(Cn1nnc(-c2ccccc2)n1)NNC(=O)c1ccc(N2CCCC2=O)cc1. The number of hydrogen-bond acceptors (Lipinski definition) is 6. The highest BCUT2D eigenvalue weighted by Gasteiger charge is 2.21. The van der Waals surface area contributed by atoms with Crippen LogP contribution in [0.3, 0.4) is 0 Å². The van der Waals surface area contributed by atoms with Gasteiger partial charge in [-0.2, -0.15) is 4.80 Å². The summed E-state index contributed by atoms with van der Waals surface area (Å²) in [5.41, 5.74) is 6.57. The molecule has 10 nitrogen and oxygen atoms in total. The standard InChI is InChI=1S/C20H19N7O3/c28-17(13-27-24-19(22-25-27)14-5-2-1-3-6-14)21-23-20(30)15-8-10-16(11-9-15)26-12-4-7-18(26)29/h1-3,5-6,8-11H,4,7,12-13H2,(H,21,28)(H,23,30). The Balaban J connectivity index is 1.29. The van der Waals surface area contributed by atoms with Gasteiger partial charge >= 0.3 is 0 Å². The molecule has 2 heterocycles. The number of benzene rings is 2. The highest BCUT2D eigenvalue weighted by molar-refractivity contribution is 5.98. The first-order chi connectivity index (χ1) is 14.6. The Hall–Kier alpha value is -4.08. The van der Waals surface area contributed by atoms with E-state index >= 15 is 0 Å². The van der Waals surface area contributed by atoms with E-state index in [0.29, 0.717) is 24.4 Å². The molecule has 30 heavy (non-hydrogen) atoms. The molecule has 2 aromatic carbocycles. The second-order valence-electron chi connectivity index (χ2n) is 6.71. The zero-order valence-corrected chi connectivity index (χ0v) is 16.0. The van der Waals surface area contributed by atoms with Crippen molar-refractivity contribution < 1.29 is 14.4 Å². The predicted molar refractivity (Wildman–Crippen MR) is 107 cm³/mol. The van der Waals surface area contributed by atoms with E-state index in [1.807, 2.05) is 30.3 Å². The fraction of sp³-hybridized carbons (Fsp3) is 0.200. The molecule has 3 aromatic rings. The Kier molecular flexibility index (Phi) is 5.46. The molecule has 10 heteroatoms. The summed E-state index contributed by atoms with van der Waals surface area (Å²) in [7, 11) is 0. The number of nitrogens with one attached hydrogen (secondary N) is 2. The largest absolute Gasteiger partial charge is 0.312 e. The normalized spacial score (nSPS) is 13.3. The van der Waals surface area contributed by atoms with Crippen molar-refractivity contribution >= 4 is 23.4 Å². The quantitative estimate of drug-likeness (QED) is 0.609. The molecule has 0 spiro atoms. The van der Waals surface area contributed by atoms with Gasteiger partial charge in [0, 0.05) is 29.8 Å². The van der Waals surface area contributed by atoms with Crippen LogP contribution in [-0.4, -0.2) is 44.5 Å². The van der Waals surface area contributed by atoms with Crippen LogP contribution in [0, 0.1) is 0 Å². The molecule has 0 atom stereocenters. The number of amides is 3. The van der Waals surface area contributed by atoms with Crippen LogP contribution in [0.4, 0.5) is 5.69 Å². The molecular weight excluding hydrogens is 386 g/mol. The molecule has 0 radical (unpaired) electrons. The average Bonchev–Trinajstić information content (AvgIpc) is 3.42. The Morgan fingerprint density at radius 1 is 1.00 bits per heavy atom. The average molecular weight is 405 g/mol. The molecular formula is C20H19N7O3. The van der Waals surface area contributed by atoms with Gasteiger partial charge in [0.05, 0.1) is 0 Å². The molecule has 152 valence electrons. The Morgan fingerprint density at radius 3 is 2.47 bits per heavy atom. The van der Waals surface area contributed by atoms with Crippen molar-refractivity contribution in [3.8, 4) is 11.4 Å². The predicted octanol–water partition coefficient (Wildman–Crippen LogP) is 0.928. The lowest BCUT2D eigenvalue weighted by molar-refractivity contribution is -0.123. The van der Waals surface area contributed by atoms with Crippen LogP contribution >= 0.6 is 0 Å². The van der Waals surface area contributed by atoms with Gasteiger partial charge in [0.2, 0.25) is 11.7 Å². The second kappa shape index (κ2) is 8.52. The summed E-state index contributed by atoms with van der Waals surface area (Å²) in [6, 6.07) is 15.9. The van der Waals surface area contributed by atoms with Gasteiger partial charge in [-0.15, -0.1) is 10.2 Å². The number of aromatic nitrogens is 4. The minimum Gasteiger partial charge on any atom is -0.312 e. The monoisotopic (exact) mass is 405 g/mol. The Morgan fingerprint density at radius 2 is 1.77 bits per heavy atom. The minimum atomic E-state index is -0.500. The van der Waals surface area contributed by atoms with E-state index in [4.69, 9.17) is 0 Å². The topological polar surface area (TPSA) is 122 Å². The zero-order chi connectivity index (χ0) is 20.9. The van der Waals surface area contributed by atoms with E-state index in [1.54, 1.807) is 29.2 Å². The summed E-state index contributed by atoms with van der Waals surface area (Å²) in [6.07, 6.45) is 1.38. The Labute approximate surface area is 171 Å². The van der Waals surface area contributed by atoms with E-state index in [2.05, 4.69) is 26.3 Å². The molecule has 0 aliphatic carbocycles. The van der Waals surface area contributed by atoms with Crippen LogP contribution in [0.2, 0.25) is 0 Å². The number of carbonyl (C=O) groups excluding carboxylic acids is 3. The van der Waals surface area contributed by atoms with E-state index in [9.17, 15) is 14.4 Å². The molecule has 1 aromatic heterocycles. The van der Waals surface area contributed by atoms with Crippen LogP contribution < -0.4 is 15.8 Å². The van der Waals surface area contributed by atoms with Crippen molar-refractivity contribution in [2.45, 2.75) is 19.4 Å². The van der Waals surface area contributed by atoms with E-state index < -0.39 is 11.8 Å². The highest BCUT2D eigenvalue weighted by Crippen LogP contribution is 2.21. The van der Waals surface area contributed by atoms with E-state index in [-0.39, 0.29) is 12.5 Å². The fourth-order valence-electron chi connectivity index (χ4n) is 3.09. The van der Waals surface area contributed by atoms with Gasteiger partial charge in [-0.05, 0) is 35.9 Å². The van der Waals surface area contributed by atoms with Gasteiger partial charge in [-0.1, -0.05) is 30.3 Å². The number of anilines is 1. The van der Waals surface area contributed by atoms with Crippen molar-refractivity contribution in [2.75, 3.05) is 11.4 Å². The van der Waals surface area contributed by atoms with Gasteiger partial charge in [0.15, 0.2) is 0 Å². The second-order valence-corrected chi connectivity index (χ2v) is 6.71. The Bertz CT molecular complexity index is 1060. The highest BCUT2D eigenvalue weighted by atomic mass is 16.2. The van der Waals surface area contributed by atoms with Crippen LogP contribution in [-0.2, 0) is 16.1 Å². The summed E-state index contributed by atoms with van der Waals surface area (Å²) in [4.78, 5) is 38.9. The summed E-state index contributed by atoms with van der Waals surface area (Å²) in [5.74, 6) is -0.487. The molecule has 1 aliphatic heterocycles. The minimum absolute atomic E-state index is 0.0802. The van der Waals surface area contributed by atoms with Gasteiger partial charge < -0.3 is 4.90 Å². The molecule has 4 rings (SSSR count).